The van der Waals surface area contributed by atoms with E-state index in [4.69, 9.17) is 10.9 Å². The molecular weight excluding hydrogens is 261 g/mol. The van der Waals surface area contributed by atoms with E-state index >= 15 is 0 Å². The number of rotatable bonds is 5. The van der Waals surface area contributed by atoms with Crippen molar-refractivity contribution in [2.45, 2.75) is 20.8 Å². The second-order valence-corrected chi connectivity index (χ2v) is 4.78. The summed E-state index contributed by atoms with van der Waals surface area (Å²) in [5.41, 5.74) is 5.78. The predicted molar refractivity (Wildman–Crippen MR) is 76.2 cm³/mol. The molecule has 0 aromatic heterocycles. The average Bonchev–Trinajstić information content (AvgIpc) is 2.41. The van der Waals surface area contributed by atoms with Gasteiger partial charge in [-0.15, -0.1) is 0 Å². The summed E-state index contributed by atoms with van der Waals surface area (Å²) >= 11 is 0. The van der Waals surface area contributed by atoms with E-state index in [0.29, 0.717) is 6.54 Å². The van der Waals surface area contributed by atoms with Crippen molar-refractivity contribution < 1.29 is 14.4 Å². The first-order chi connectivity index (χ1) is 9.43. The Labute approximate surface area is 117 Å². The Bertz CT molecular complexity index is 503. The predicted octanol–water partition coefficient (Wildman–Crippen LogP) is 2.20. The number of para-hydroxylation sites is 1. The number of hydrogen-bond donors (Lipinski definition) is 2. The van der Waals surface area contributed by atoms with Crippen LogP contribution in [0.1, 0.15) is 20.8 Å². The number of oxime groups is 1. The number of halogens is 1. The zero-order valence-electron chi connectivity index (χ0n) is 11.9. The van der Waals surface area contributed by atoms with Crippen LogP contribution >= 0.6 is 0 Å². The van der Waals surface area contributed by atoms with Gasteiger partial charge in [0.15, 0.2) is 5.84 Å². The van der Waals surface area contributed by atoms with Gasteiger partial charge in [0.1, 0.15) is 11.7 Å². The van der Waals surface area contributed by atoms with Gasteiger partial charge in [0.25, 0.3) is 0 Å². The number of benzene rings is 1. The molecule has 1 unspecified atom stereocenters. The lowest BCUT2D eigenvalue weighted by Gasteiger charge is -2.28. The summed E-state index contributed by atoms with van der Waals surface area (Å²) in [6, 6.07) is 6.03. The Balaban J connectivity index is 3.17. The lowest BCUT2D eigenvalue weighted by Crippen LogP contribution is -2.44. The van der Waals surface area contributed by atoms with Gasteiger partial charge in [-0.3, -0.25) is 4.79 Å². The highest BCUT2D eigenvalue weighted by atomic mass is 19.1. The van der Waals surface area contributed by atoms with Gasteiger partial charge < -0.3 is 15.8 Å². The van der Waals surface area contributed by atoms with Crippen LogP contribution in [0.2, 0.25) is 0 Å². The number of hydrogen-bond acceptors (Lipinski definition) is 3. The first-order valence-electron chi connectivity index (χ1n) is 6.47. The molecule has 1 aromatic rings. The first-order valence-corrected chi connectivity index (χ1v) is 6.47. The largest absolute Gasteiger partial charge is 0.409 e. The van der Waals surface area contributed by atoms with Crippen LogP contribution in [0.25, 0.3) is 0 Å². The zero-order valence-corrected chi connectivity index (χ0v) is 11.9. The van der Waals surface area contributed by atoms with Crippen molar-refractivity contribution in [1.82, 2.24) is 0 Å². The standard InChI is InChI=1S/C14H20FN3O2/c1-4-18(11-8-6-5-7-10(11)15)14(19)12(9(2)3)13(16)17-20/h5-9,12,20H,4H2,1-3H3,(H2,16,17). The maximum Gasteiger partial charge on any atom is 0.238 e. The lowest BCUT2D eigenvalue weighted by atomic mass is 9.93. The van der Waals surface area contributed by atoms with Crippen molar-refractivity contribution in [3.63, 3.8) is 0 Å². The fourth-order valence-electron chi connectivity index (χ4n) is 2.10. The molecule has 1 amide bonds. The third-order valence-electron chi connectivity index (χ3n) is 3.09. The number of nitrogens with two attached hydrogens (primary N) is 1. The molecule has 0 bridgehead atoms. The molecule has 5 nitrogen and oxygen atoms in total. The Morgan fingerprint density at radius 1 is 1.45 bits per heavy atom. The summed E-state index contributed by atoms with van der Waals surface area (Å²) in [5, 5.41) is 11.7. The molecule has 6 heteroatoms. The quantitative estimate of drug-likeness (QED) is 0.376. The van der Waals surface area contributed by atoms with Crippen molar-refractivity contribution in [1.29, 1.82) is 0 Å². The van der Waals surface area contributed by atoms with E-state index in [9.17, 15) is 9.18 Å². The summed E-state index contributed by atoms with van der Waals surface area (Å²) in [7, 11) is 0. The van der Waals surface area contributed by atoms with Crippen LogP contribution in [0, 0.1) is 17.7 Å². The van der Waals surface area contributed by atoms with E-state index in [2.05, 4.69) is 5.16 Å². The summed E-state index contributed by atoms with van der Waals surface area (Å²) in [6.45, 7) is 5.61. The topological polar surface area (TPSA) is 78.9 Å². The van der Waals surface area contributed by atoms with E-state index in [1.807, 2.05) is 0 Å². The van der Waals surface area contributed by atoms with E-state index in [1.54, 1.807) is 32.9 Å². The van der Waals surface area contributed by atoms with Crippen LogP contribution in [-0.4, -0.2) is 23.5 Å². The molecule has 0 spiro atoms. The maximum absolute atomic E-state index is 13.8. The van der Waals surface area contributed by atoms with Crippen molar-refractivity contribution in [3.05, 3.63) is 30.1 Å². The molecule has 0 saturated carbocycles. The molecule has 20 heavy (non-hydrogen) atoms. The van der Waals surface area contributed by atoms with Gasteiger partial charge in [-0.05, 0) is 25.0 Å². The maximum atomic E-state index is 13.8. The SMILES string of the molecule is CCN(C(=O)C(C(N)=NO)C(C)C)c1ccccc1F. The molecular formula is C14H20FN3O2. The van der Waals surface area contributed by atoms with Gasteiger partial charge in [-0.2, -0.15) is 0 Å². The third-order valence-corrected chi connectivity index (χ3v) is 3.09. The highest BCUT2D eigenvalue weighted by Crippen LogP contribution is 2.23. The van der Waals surface area contributed by atoms with Crippen molar-refractivity contribution in [3.8, 4) is 0 Å². The first kappa shape index (κ1) is 15.9. The molecule has 3 N–H and O–H groups in total. The molecule has 0 saturated heterocycles. The van der Waals surface area contributed by atoms with Gasteiger partial charge in [-0.1, -0.05) is 31.1 Å². The van der Waals surface area contributed by atoms with E-state index in [-0.39, 0.29) is 23.3 Å². The lowest BCUT2D eigenvalue weighted by molar-refractivity contribution is -0.121. The molecule has 1 rings (SSSR count). The van der Waals surface area contributed by atoms with Crippen LogP contribution < -0.4 is 10.6 Å². The molecule has 0 radical (unpaired) electrons. The monoisotopic (exact) mass is 281 g/mol. The highest BCUT2D eigenvalue weighted by molar-refractivity contribution is 6.09. The molecule has 1 aromatic carbocycles. The van der Waals surface area contributed by atoms with Gasteiger partial charge >= 0.3 is 0 Å². The molecule has 0 fully saturated rings. The summed E-state index contributed by atoms with van der Waals surface area (Å²) in [5.74, 6) is -1.99. The van der Waals surface area contributed by atoms with Crippen LogP contribution in [0.4, 0.5) is 10.1 Å². The number of carbonyl (C=O) groups is 1. The summed E-state index contributed by atoms with van der Waals surface area (Å²) in [4.78, 5) is 13.9. The Kier molecular flexibility index (Phi) is 5.49. The zero-order chi connectivity index (χ0) is 15.3. The highest BCUT2D eigenvalue weighted by Gasteiger charge is 2.31. The van der Waals surface area contributed by atoms with Crippen LogP contribution in [0.3, 0.4) is 0 Å². The number of nitrogens with zero attached hydrogens (tertiary/aromatic N) is 2. The second kappa shape index (κ2) is 6.88. The van der Waals surface area contributed by atoms with Crippen molar-refractivity contribution in [2.24, 2.45) is 22.7 Å². The molecule has 110 valence electrons. The third kappa shape index (κ3) is 3.26. The van der Waals surface area contributed by atoms with Gasteiger partial charge in [0, 0.05) is 6.54 Å². The second-order valence-electron chi connectivity index (χ2n) is 4.78. The number of anilines is 1. The Hall–Kier alpha value is -2.11. The van der Waals surface area contributed by atoms with Gasteiger partial charge in [0.2, 0.25) is 5.91 Å². The number of carbonyl (C=O) groups excluding carboxylic acids is 1. The van der Waals surface area contributed by atoms with Crippen LogP contribution in [0.5, 0.6) is 0 Å². The minimum absolute atomic E-state index is 0.167. The van der Waals surface area contributed by atoms with Crippen molar-refractivity contribution in [2.75, 3.05) is 11.4 Å². The van der Waals surface area contributed by atoms with Crippen molar-refractivity contribution >= 4 is 17.4 Å². The Morgan fingerprint density at radius 2 is 2.05 bits per heavy atom. The molecule has 0 aliphatic rings. The minimum Gasteiger partial charge on any atom is -0.409 e. The van der Waals surface area contributed by atoms with E-state index < -0.39 is 11.7 Å². The fraction of sp³-hybridized carbons (Fsp3) is 0.429. The normalized spacial score (nSPS) is 13.3. The minimum atomic E-state index is -0.792. The Morgan fingerprint density at radius 3 is 2.50 bits per heavy atom. The smallest absolute Gasteiger partial charge is 0.238 e. The van der Waals surface area contributed by atoms with E-state index in [0.717, 1.165) is 0 Å². The van der Waals surface area contributed by atoms with Crippen LogP contribution in [-0.2, 0) is 4.79 Å². The molecule has 0 aliphatic heterocycles. The molecule has 1 atom stereocenters. The van der Waals surface area contributed by atoms with Gasteiger partial charge in [0.05, 0.1) is 5.69 Å². The number of amidine groups is 1. The van der Waals surface area contributed by atoms with E-state index in [1.165, 1.54) is 17.0 Å². The van der Waals surface area contributed by atoms with Gasteiger partial charge in [-0.25, -0.2) is 4.39 Å². The van der Waals surface area contributed by atoms with Crippen LogP contribution in [0.15, 0.2) is 29.4 Å². The summed E-state index contributed by atoms with van der Waals surface area (Å²) in [6.07, 6.45) is 0. The fourth-order valence-corrected chi connectivity index (χ4v) is 2.10. The molecule has 0 heterocycles. The summed E-state index contributed by atoms with van der Waals surface area (Å²) < 4.78 is 13.8. The molecule has 0 aliphatic carbocycles. The average molecular weight is 281 g/mol. The number of amides is 1.